The summed E-state index contributed by atoms with van der Waals surface area (Å²) in [6.07, 6.45) is 5.73. The van der Waals surface area contributed by atoms with Crippen molar-refractivity contribution in [3.05, 3.63) is 110 Å². The predicted molar refractivity (Wildman–Crippen MR) is 262 cm³/mol. The number of carbonyl (C=O) groups is 1. The van der Waals surface area contributed by atoms with E-state index in [0.717, 1.165) is 72.8 Å². The van der Waals surface area contributed by atoms with Crippen molar-refractivity contribution in [3.63, 3.8) is 0 Å². The van der Waals surface area contributed by atoms with E-state index in [9.17, 15) is 4.79 Å². The molecule has 0 saturated carbocycles. The number of ether oxygens (including phenoxy) is 8. The number of allylic oxidation sites excluding steroid dienone is 1. The monoisotopic (exact) mass is 953 g/mol. The highest BCUT2D eigenvalue weighted by atomic mass is 16.7. The fourth-order valence-corrected chi connectivity index (χ4v) is 11.6. The Morgan fingerprint density at radius 2 is 1.45 bits per heavy atom. The van der Waals surface area contributed by atoms with Crippen molar-refractivity contribution in [1.82, 2.24) is 19.2 Å². The van der Waals surface area contributed by atoms with Crippen LogP contribution in [-0.4, -0.2) is 124 Å². The average molecular weight is 953 g/mol. The van der Waals surface area contributed by atoms with E-state index in [1.54, 1.807) is 33.1 Å². The van der Waals surface area contributed by atoms with Crippen LogP contribution in [0, 0.1) is 24.7 Å². The summed E-state index contributed by atoms with van der Waals surface area (Å²) in [5.74, 6) is 2.42. The molecule has 0 spiro atoms. The highest BCUT2D eigenvalue weighted by molar-refractivity contribution is 5.92. The van der Waals surface area contributed by atoms with E-state index >= 15 is 4.79 Å². The lowest BCUT2D eigenvalue weighted by atomic mass is 9.72. The molecule has 1 fully saturated rings. The molecule has 15 heteroatoms. The van der Waals surface area contributed by atoms with E-state index in [0.29, 0.717) is 68.8 Å². The van der Waals surface area contributed by atoms with Crippen molar-refractivity contribution in [2.75, 3.05) is 87.7 Å². The molecule has 8 rings (SSSR count). The van der Waals surface area contributed by atoms with Gasteiger partial charge in [0.15, 0.2) is 28.8 Å². The molecule has 1 aromatic heterocycles. The molecule has 4 aromatic rings. The van der Waals surface area contributed by atoms with Gasteiger partial charge in [0.25, 0.3) is 11.5 Å². The molecule has 69 heavy (non-hydrogen) atoms. The zero-order chi connectivity index (χ0) is 48.8. The van der Waals surface area contributed by atoms with Crippen LogP contribution in [0.5, 0.6) is 23.0 Å². The predicted octanol–water partition coefficient (Wildman–Crippen LogP) is 7.07. The lowest BCUT2D eigenvalue weighted by Gasteiger charge is -2.49. The first kappa shape index (κ1) is 50.1. The van der Waals surface area contributed by atoms with Crippen LogP contribution >= 0.6 is 0 Å². The fraction of sp³-hybridized carbons (Fsp3) is 0.556. The van der Waals surface area contributed by atoms with Crippen molar-refractivity contribution in [2.45, 2.75) is 83.6 Å². The number of fused-ring (bicyclic) bond motifs is 4. The lowest BCUT2D eigenvalue weighted by molar-refractivity contribution is -0.173. The van der Waals surface area contributed by atoms with Gasteiger partial charge in [0.1, 0.15) is 0 Å². The third kappa shape index (κ3) is 10.2. The number of para-hydroxylation sites is 1. The number of amides is 1. The zero-order valence-electron chi connectivity index (χ0n) is 41.7. The number of methoxy groups -OCH3 is 4. The highest BCUT2D eigenvalue weighted by Crippen LogP contribution is 2.50. The third-order valence-electron chi connectivity index (χ3n) is 15.2. The van der Waals surface area contributed by atoms with Gasteiger partial charge in [-0.05, 0) is 123 Å². The zero-order valence-corrected chi connectivity index (χ0v) is 41.7. The normalized spacial score (nSPS) is 23.3. The number of aliphatic hydroxyl groups is 1. The van der Waals surface area contributed by atoms with Gasteiger partial charge in [-0.2, -0.15) is 0 Å². The minimum Gasteiger partial charge on any atom is -0.493 e. The summed E-state index contributed by atoms with van der Waals surface area (Å²) in [6.45, 7) is 10.1. The van der Waals surface area contributed by atoms with Crippen LogP contribution in [0.4, 0.5) is 0 Å². The summed E-state index contributed by atoms with van der Waals surface area (Å²) in [5.41, 5.74) is 6.67. The Morgan fingerprint density at radius 3 is 2.10 bits per heavy atom. The van der Waals surface area contributed by atoms with Crippen molar-refractivity contribution >= 4 is 5.91 Å². The summed E-state index contributed by atoms with van der Waals surface area (Å²) in [6, 6.07) is 17.9. The van der Waals surface area contributed by atoms with Gasteiger partial charge in [-0.3, -0.25) is 19.2 Å². The Morgan fingerprint density at radius 1 is 0.812 bits per heavy atom. The van der Waals surface area contributed by atoms with Crippen LogP contribution in [0.15, 0.2) is 71.2 Å². The summed E-state index contributed by atoms with van der Waals surface area (Å²) in [7, 11) is 8.57. The van der Waals surface area contributed by atoms with Gasteiger partial charge in [-0.15, -0.1) is 0 Å². The smallest absolute Gasteiger partial charge is 0.289 e. The van der Waals surface area contributed by atoms with Crippen LogP contribution in [0.25, 0.3) is 5.69 Å². The van der Waals surface area contributed by atoms with Crippen LogP contribution in [0.1, 0.15) is 91.0 Å². The van der Waals surface area contributed by atoms with Crippen LogP contribution in [0.2, 0.25) is 0 Å². The van der Waals surface area contributed by atoms with Crippen LogP contribution < -0.4 is 24.5 Å². The Bertz CT molecular complexity index is 2490. The number of piperidine rings is 1. The maximum Gasteiger partial charge on any atom is 0.289 e. The van der Waals surface area contributed by atoms with Gasteiger partial charge in [0.2, 0.25) is 6.29 Å². The molecule has 0 aliphatic carbocycles. The van der Waals surface area contributed by atoms with E-state index in [-0.39, 0.29) is 54.4 Å². The van der Waals surface area contributed by atoms with Crippen LogP contribution in [-0.2, 0) is 43.6 Å². The fourth-order valence-electron chi connectivity index (χ4n) is 11.6. The second kappa shape index (κ2) is 22.6. The molecule has 1 N–H and O–H groups in total. The highest BCUT2D eigenvalue weighted by Gasteiger charge is 2.46. The maximum atomic E-state index is 15.7. The van der Waals surface area contributed by atoms with Gasteiger partial charge in [-0.25, -0.2) is 4.68 Å². The molecular formula is C54H72N4O11. The molecular weight excluding hydrogens is 881 g/mol. The Balaban J connectivity index is 1.19. The summed E-state index contributed by atoms with van der Waals surface area (Å²) >= 11 is 0. The molecule has 1 saturated heterocycles. The van der Waals surface area contributed by atoms with E-state index in [1.807, 2.05) is 66.9 Å². The number of aromatic nitrogens is 2. The lowest BCUT2D eigenvalue weighted by Crippen LogP contribution is -2.48. The van der Waals surface area contributed by atoms with Gasteiger partial charge >= 0.3 is 0 Å². The first-order valence-electron chi connectivity index (χ1n) is 24.7. The molecule has 1 amide bonds. The second-order valence-electron chi connectivity index (χ2n) is 18.6. The first-order valence-corrected chi connectivity index (χ1v) is 24.7. The molecule has 3 aromatic carbocycles. The van der Waals surface area contributed by atoms with Crippen molar-refractivity contribution in [1.29, 1.82) is 0 Å². The molecule has 15 nitrogen and oxygen atoms in total. The second-order valence-corrected chi connectivity index (χ2v) is 18.6. The average Bonchev–Trinajstić information content (AvgIpc) is 3.60. The molecule has 4 aliphatic heterocycles. The Hall–Kier alpha value is -5.32. The van der Waals surface area contributed by atoms with Gasteiger partial charge in [-0.1, -0.05) is 31.5 Å². The molecule has 0 unspecified atom stereocenters. The Labute approximate surface area is 406 Å². The van der Waals surface area contributed by atoms with Gasteiger partial charge in [0, 0.05) is 69.0 Å². The van der Waals surface area contributed by atoms with Crippen molar-refractivity contribution < 1.29 is 47.8 Å². The molecule has 7 atom stereocenters. The quantitative estimate of drug-likeness (QED) is 0.0906. The molecule has 374 valence electrons. The largest absolute Gasteiger partial charge is 0.493 e. The molecule has 5 heterocycles. The Kier molecular flexibility index (Phi) is 16.4. The van der Waals surface area contributed by atoms with E-state index in [2.05, 4.69) is 36.1 Å². The minimum atomic E-state index is -0.849. The number of carbonyl (C=O) groups excluding carboxylic acids is 1. The number of benzene rings is 3. The number of hydrogen-bond donors (Lipinski definition) is 1. The summed E-state index contributed by atoms with van der Waals surface area (Å²) in [4.78, 5) is 35.2. The number of nitrogens with zero attached hydrogens (tertiary/aromatic N) is 4. The van der Waals surface area contributed by atoms with E-state index in [1.165, 1.54) is 11.1 Å². The summed E-state index contributed by atoms with van der Waals surface area (Å²) < 4.78 is 51.5. The van der Waals surface area contributed by atoms with E-state index < -0.39 is 12.2 Å². The van der Waals surface area contributed by atoms with Crippen molar-refractivity contribution in [3.8, 4) is 28.7 Å². The standard InChI is InChI=1S/C54H72N4O11/c1-9-35-33-56-19-16-36-28-46(62-5)48(64-7)30-41(36)44(56)26-38(35)27-45-42-31-49(65-8)47(63-6)29-37(42)17-20-57(45)52(60)50-32-43(40(54(69-50)68-10-2)18-22-66-24-25-67-23-21-59)51-34(3)55(4)58(53(51)61)39-14-12-11-13-15-39/h11-15,28-32,35,38,40,43-45,54,59H,9-10,16-27,33H2,1-8H3/t35-,38+,40+,43+,44-,45+,54-/m0/s1. The SMILES string of the molecule is CCO[C@H]1OC(C(=O)N2CCc3cc(OC)c(OC)cc3[C@H]2C[C@H]2C[C@H]3c4cc(OC)c(OC)cc4CCN3C[C@@H]2CC)=C[C@@H](c2c(C)n(C)n(-c3ccccc3)c2=O)[C@H]1CCOCCOCCO. The summed E-state index contributed by atoms with van der Waals surface area (Å²) in [5, 5.41) is 9.16. The number of rotatable bonds is 20. The van der Waals surface area contributed by atoms with E-state index in [4.69, 9.17) is 43.0 Å². The number of aliphatic hydroxyl groups excluding tert-OH is 1. The number of hydrogen-bond acceptors (Lipinski definition) is 12. The van der Waals surface area contributed by atoms with Gasteiger partial charge < -0.3 is 47.9 Å². The topological polar surface area (TPSA) is 145 Å². The van der Waals surface area contributed by atoms with Gasteiger partial charge in [0.05, 0.1) is 66.6 Å². The maximum absolute atomic E-state index is 15.7. The molecule has 0 bridgehead atoms. The minimum absolute atomic E-state index is 0.0600. The molecule has 0 radical (unpaired) electrons. The molecule has 4 aliphatic rings. The third-order valence-corrected chi connectivity index (χ3v) is 15.2. The first-order chi connectivity index (χ1) is 33.6. The van der Waals surface area contributed by atoms with Crippen LogP contribution in [0.3, 0.4) is 0 Å². The van der Waals surface area contributed by atoms with Crippen molar-refractivity contribution in [2.24, 2.45) is 24.8 Å².